The van der Waals surface area contributed by atoms with E-state index in [2.05, 4.69) is 170 Å². The van der Waals surface area contributed by atoms with E-state index in [4.69, 9.17) is 28.2 Å². The molecule has 0 amide bonds. The van der Waals surface area contributed by atoms with Gasteiger partial charge >= 0.3 is 0 Å². The van der Waals surface area contributed by atoms with Crippen molar-refractivity contribution in [2.45, 2.75) is 0 Å². The lowest BCUT2D eigenvalue weighted by Gasteiger charge is -2.14. The van der Waals surface area contributed by atoms with Crippen LogP contribution in [0.2, 0.25) is 0 Å². The normalized spacial score (nSPS) is 12.1. The van der Waals surface area contributed by atoms with Crippen LogP contribution in [0.25, 0.3) is 155 Å². The van der Waals surface area contributed by atoms with Gasteiger partial charge in [0.1, 0.15) is 33.5 Å². The van der Waals surface area contributed by atoms with Crippen LogP contribution in [-0.2, 0) is 0 Å². The zero-order valence-electron chi connectivity index (χ0n) is 36.8. The van der Waals surface area contributed by atoms with Crippen LogP contribution < -0.4 is 0 Å². The summed E-state index contributed by atoms with van der Waals surface area (Å²) in [4.78, 5) is 15.7. The van der Waals surface area contributed by atoms with Crippen molar-refractivity contribution >= 4 is 98.1 Å². The minimum Gasteiger partial charge on any atom is -0.456 e. The highest BCUT2D eigenvalue weighted by Gasteiger charge is 2.19. The second-order valence-corrected chi connectivity index (χ2v) is 17.9. The largest absolute Gasteiger partial charge is 0.456 e. The number of aromatic nitrogens is 3. The highest BCUT2D eigenvalue weighted by atomic mass is 16.3. The number of furan rings is 3. The third-order valence-corrected chi connectivity index (χ3v) is 13.9. The summed E-state index contributed by atoms with van der Waals surface area (Å²) in [6.45, 7) is 0. The predicted octanol–water partition coefficient (Wildman–Crippen LogP) is 17.4. The van der Waals surface area contributed by atoms with E-state index in [1.165, 1.54) is 38.1 Å². The lowest BCUT2D eigenvalue weighted by molar-refractivity contribution is 0.668. The first-order valence-corrected chi connectivity index (χ1v) is 23.1. The number of benzene rings is 11. The van der Waals surface area contributed by atoms with Gasteiger partial charge in [-0.15, -0.1) is 0 Å². The molecule has 320 valence electrons. The average molecular weight is 882 g/mol. The molecule has 0 aliphatic carbocycles. The van der Waals surface area contributed by atoms with Gasteiger partial charge in [-0.3, -0.25) is 0 Å². The van der Waals surface area contributed by atoms with E-state index in [0.717, 1.165) is 99.0 Å². The lowest BCUT2D eigenvalue weighted by atomic mass is 9.91. The Kier molecular flexibility index (Phi) is 7.97. The van der Waals surface area contributed by atoms with E-state index in [1.54, 1.807) is 0 Å². The molecule has 15 aromatic rings. The monoisotopic (exact) mass is 881 g/mol. The van der Waals surface area contributed by atoms with E-state index in [-0.39, 0.29) is 0 Å². The Labute approximate surface area is 393 Å². The Morgan fingerprint density at radius 3 is 1.06 bits per heavy atom. The molecule has 0 aliphatic rings. The molecule has 15 rings (SSSR count). The Morgan fingerprint density at radius 2 is 0.507 bits per heavy atom. The van der Waals surface area contributed by atoms with Crippen molar-refractivity contribution < 1.29 is 13.3 Å². The number of para-hydroxylation sites is 2. The quantitative estimate of drug-likeness (QED) is 0.160. The first-order valence-electron chi connectivity index (χ1n) is 23.1. The molecular weight excluding hydrogens is 847 g/mol. The van der Waals surface area contributed by atoms with Crippen LogP contribution in [0.3, 0.4) is 0 Å². The predicted molar refractivity (Wildman–Crippen MR) is 281 cm³/mol. The number of nitrogens with zero attached hydrogens (tertiary/aromatic N) is 3. The Bertz CT molecular complexity index is 4600. The summed E-state index contributed by atoms with van der Waals surface area (Å²) in [5.41, 5.74) is 12.2. The van der Waals surface area contributed by atoms with Crippen molar-refractivity contribution in [3.63, 3.8) is 0 Å². The van der Waals surface area contributed by atoms with Gasteiger partial charge in [-0.05, 0) is 133 Å². The van der Waals surface area contributed by atoms with Crippen molar-refractivity contribution in [3.8, 4) is 56.4 Å². The lowest BCUT2D eigenvalue weighted by Crippen LogP contribution is -2.00. The highest BCUT2D eigenvalue weighted by molar-refractivity contribution is 6.26. The van der Waals surface area contributed by atoms with E-state index in [9.17, 15) is 0 Å². The van der Waals surface area contributed by atoms with Gasteiger partial charge in [0.05, 0.1) is 0 Å². The van der Waals surface area contributed by atoms with Crippen molar-refractivity contribution in [1.29, 1.82) is 0 Å². The molecule has 69 heavy (non-hydrogen) atoms. The maximum Gasteiger partial charge on any atom is 0.164 e. The molecule has 0 aliphatic heterocycles. The molecule has 0 unspecified atom stereocenters. The SMILES string of the molecule is c1ccc(-c2ccc3c4ccc(-c5nc(-c6ccc7c(c6)oc6ccc(-c8ccc9oc%10ccccc%10c9c8)cc67)nc(-c6ccc7oc8ccccc8c7c6)n5)cc4c4ccccc4c3c2)cc1. The van der Waals surface area contributed by atoms with Crippen LogP contribution in [0.5, 0.6) is 0 Å². The standard InChI is InChI=1S/C63H35N3O3/c1-2-10-36(11-3-1)37-18-24-45-46-25-19-40(33-51(46)44-13-5-4-12-43(44)50(45)30-37)61-64-62(41-23-29-58-54(34-41)48-15-7-9-17-56(48)68-58)66-63(65-61)42-20-26-49-53-32-39(22-28-59(53)69-60(49)35-42)38-21-27-57-52(31-38)47-14-6-8-16-55(47)67-57/h1-35H. The third-order valence-electron chi connectivity index (χ3n) is 13.9. The summed E-state index contributed by atoms with van der Waals surface area (Å²) in [5.74, 6) is 1.69. The third kappa shape index (κ3) is 5.95. The molecule has 0 atom stereocenters. The zero-order chi connectivity index (χ0) is 45.2. The summed E-state index contributed by atoms with van der Waals surface area (Å²) in [7, 11) is 0. The topological polar surface area (TPSA) is 78.1 Å². The van der Waals surface area contributed by atoms with E-state index in [1.807, 2.05) is 42.5 Å². The number of hydrogen-bond donors (Lipinski definition) is 0. The van der Waals surface area contributed by atoms with E-state index < -0.39 is 0 Å². The summed E-state index contributed by atoms with van der Waals surface area (Å²) in [6, 6.07) is 74.2. The maximum absolute atomic E-state index is 6.59. The molecule has 0 radical (unpaired) electrons. The molecule has 0 saturated carbocycles. The van der Waals surface area contributed by atoms with Crippen molar-refractivity contribution in [1.82, 2.24) is 15.0 Å². The van der Waals surface area contributed by atoms with Gasteiger partial charge in [-0.25, -0.2) is 15.0 Å². The molecule has 6 heteroatoms. The van der Waals surface area contributed by atoms with Gasteiger partial charge in [-0.2, -0.15) is 0 Å². The molecule has 4 heterocycles. The van der Waals surface area contributed by atoms with Gasteiger partial charge < -0.3 is 13.3 Å². The fourth-order valence-electron chi connectivity index (χ4n) is 10.5. The van der Waals surface area contributed by atoms with Crippen LogP contribution in [0, 0.1) is 0 Å². The Balaban J connectivity index is 0.887. The molecular formula is C63H35N3O3. The van der Waals surface area contributed by atoms with Gasteiger partial charge in [0.2, 0.25) is 0 Å². The second kappa shape index (κ2) is 14.6. The van der Waals surface area contributed by atoms with Crippen LogP contribution in [0.1, 0.15) is 0 Å². The van der Waals surface area contributed by atoms with E-state index in [0.29, 0.717) is 17.5 Å². The average Bonchev–Trinajstić information content (AvgIpc) is 4.11. The number of rotatable bonds is 5. The fourth-order valence-corrected chi connectivity index (χ4v) is 10.5. The Hall–Kier alpha value is -9.39. The summed E-state index contributed by atoms with van der Waals surface area (Å²) >= 11 is 0. The minimum absolute atomic E-state index is 0.549. The second-order valence-electron chi connectivity index (χ2n) is 17.9. The fraction of sp³-hybridized carbons (Fsp3) is 0. The molecule has 0 N–H and O–H groups in total. The van der Waals surface area contributed by atoms with Gasteiger partial charge in [0.25, 0.3) is 0 Å². The van der Waals surface area contributed by atoms with Crippen LogP contribution in [0.15, 0.2) is 226 Å². The van der Waals surface area contributed by atoms with Crippen molar-refractivity contribution in [3.05, 3.63) is 212 Å². The first-order chi connectivity index (χ1) is 34.1. The molecule has 4 aromatic heterocycles. The molecule has 6 nitrogen and oxygen atoms in total. The van der Waals surface area contributed by atoms with Crippen molar-refractivity contribution in [2.75, 3.05) is 0 Å². The molecule has 0 fully saturated rings. The highest BCUT2D eigenvalue weighted by Crippen LogP contribution is 2.41. The zero-order valence-corrected chi connectivity index (χ0v) is 36.8. The van der Waals surface area contributed by atoms with Gasteiger partial charge in [0.15, 0.2) is 17.5 Å². The van der Waals surface area contributed by atoms with Gasteiger partial charge in [-0.1, -0.05) is 133 Å². The summed E-state index contributed by atoms with van der Waals surface area (Å²) in [5, 5.41) is 13.4. The molecule has 11 aromatic carbocycles. The molecule has 0 spiro atoms. The number of fused-ring (bicyclic) bond motifs is 15. The molecule has 0 bridgehead atoms. The maximum atomic E-state index is 6.59. The molecule has 0 saturated heterocycles. The van der Waals surface area contributed by atoms with Crippen LogP contribution in [0.4, 0.5) is 0 Å². The Morgan fingerprint density at radius 1 is 0.188 bits per heavy atom. The summed E-state index contributed by atoms with van der Waals surface area (Å²) in [6.07, 6.45) is 0. The van der Waals surface area contributed by atoms with E-state index >= 15 is 0 Å². The first kappa shape index (κ1) is 37.8. The summed E-state index contributed by atoms with van der Waals surface area (Å²) < 4.78 is 18.9. The minimum atomic E-state index is 0.549. The van der Waals surface area contributed by atoms with Crippen LogP contribution in [-0.4, -0.2) is 15.0 Å². The van der Waals surface area contributed by atoms with Crippen molar-refractivity contribution in [2.24, 2.45) is 0 Å². The van der Waals surface area contributed by atoms with Crippen LogP contribution >= 0.6 is 0 Å². The van der Waals surface area contributed by atoms with Gasteiger partial charge in [0, 0.05) is 49.0 Å². The smallest absolute Gasteiger partial charge is 0.164 e. The number of hydrogen-bond acceptors (Lipinski definition) is 6.